The molecule has 2 aromatic rings. The first-order valence-corrected chi connectivity index (χ1v) is 6.62. The lowest BCUT2D eigenvalue weighted by Gasteiger charge is -2.19. The molecule has 1 N–H and O–H groups in total. The summed E-state index contributed by atoms with van der Waals surface area (Å²) in [5, 5.41) is 3.53. The van der Waals surface area contributed by atoms with Crippen LogP contribution in [0.5, 0.6) is 0 Å². The SMILES string of the molecule is CC(Cc1ccco1)n1cncc1C1CCCN1. The van der Waals surface area contributed by atoms with Gasteiger partial charge in [-0.1, -0.05) is 0 Å². The highest BCUT2D eigenvalue weighted by Crippen LogP contribution is 2.26. The minimum Gasteiger partial charge on any atom is -0.469 e. The Morgan fingerprint density at radius 1 is 1.61 bits per heavy atom. The van der Waals surface area contributed by atoms with E-state index in [1.807, 2.05) is 24.7 Å². The molecule has 3 heterocycles. The van der Waals surface area contributed by atoms with Gasteiger partial charge in [-0.15, -0.1) is 0 Å². The van der Waals surface area contributed by atoms with E-state index in [1.54, 1.807) is 6.26 Å². The summed E-state index contributed by atoms with van der Waals surface area (Å²) in [7, 11) is 0. The topological polar surface area (TPSA) is 43.0 Å². The van der Waals surface area contributed by atoms with E-state index in [0.29, 0.717) is 12.1 Å². The third-order valence-corrected chi connectivity index (χ3v) is 3.66. The van der Waals surface area contributed by atoms with E-state index in [-0.39, 0.29) is 0 Å². The van der Waals surface area contributed by atoms with Crippen molar-refractivity contribution in [1.29, 1.82) is 0 Å². The number of imidazole rings is 1. The van der Waals surface area contributed by atoms with Gasteiger partial charge in [0, 0.05) is 24.7 Å². The van der Waals surface area contributed by atoms with Crippen LogP contribution in [0.4, 0.5) is 0 Å². The minimum atomic E-state index is 0.371. The lowest BCUT2D eigenvalue weighted by Crippen LogP contribution is -2.19. The summed E-state index contributed by atoms with van der Waals surface area (Å²) in [6, 6.07) is 4.80. The number of aromatic nitrogens is 2. The zero-order valence-corrected chi connectivity index (χ0v) is 10.7. The Bertz CT molecular complexity index is 483. The Kier molecular flexibility index (Phi) is 3.19. The Hall–Kier alpha value is -1.55. The standard InChI is InChI=1S/C14H19N3O/c1-11(8-12-4-3-7-18-12)17-10-15-9-14(17)13-5-2-6-16-13/h3-4,7,9-11,13,16H,2,5-6,8H2,1H3. The van der Waals surface area contributed by atoms with Crippen LogP contribution >= 0.6 is 0 Å². The second kappa shape index (κ2) is 4.98. The largest absolute Gasteiger partial charge is 0.469 e. The third kappa shape index (κ3) is 2.20. The summed E-state index contributed by atoms with van der Waals surface area (Å²) < 4.78 is 7.69. The molecule has 3 rings (SSSR count). The van der Waals surface area contributed by atoms with Gasteiger partial charge in [0.25, 0.3) is 0 Å². The molecule has 1 saturated heterocycles. The average molecular weight is 245 g/mol. The summed E-state index contributed by atoms with van der Waals surface area (Å²) in [4.78, 5) is 4.31. The van der Waals surface area contributed by atoms with Gasteiger partial charge in [-0.05, 0) is 38.4 Å². The minimum absolute atomic E-state index is 0.371. The molecule has 96 valence electrons. The van der Waals surface area contributed by atoms with E-state index in [2.05, 4.69) is 21.8 Å². The summed E-state index contributed by atoms with van der Waals surface area (Å²) in [5.41, 5.74) is 1.30. The Morgan fingerprint density at radius 3 is 3.28 bits per heavy atom. The van der Waals surface area contributed by atoms with Crippen molar-refractivity contribution in [2.45, 2.75) is 38.3 Å². The van der Waals surface area contributed by atoms with Crippen LogP contribution < -0.4 is 5.32 Å². The van der Waals surface area contributed by atoms with Crippen molar-refractivity contribution in [3.8, 4) is 0 Å². The summed E-state index contributed by atoms with van der Waals surface area (Å²) in [6.45, 7) is 3.32. The fourth-order valence-electron chi connectivity index (χ4n) is 2.71. The van der Waals surface area contributed by atoms with E-state index in [4.69, 9.17) is 4.42 Å². The highest BCUT2D eigenvalue weighted by molar-refractivity contribution is 5.09. The van der Waals surface area contributed by atoms with Crippen LogP contribution in [0.25, 0.3) is 0 Å². The van der Waals surface area contributed by atoms with E-state index < -0.39 is 0 Å². The molecule has 4 heteroatoms. The number of nitrogens with one attached hydrogen (secondary N) is 1. The van der Waals surface area contributed by atoms with Crippen molar-refractivity contribution in [3.63, 3.8) is 0 Å². The molecule has 0 aromatic carbocycles. The molecule has 0 amide bonds. The second-order valence-electron chi connectivity index (χ2n) is 5.01. The molecular weight excluding hydrogens is 226 g/mol. The molecule has 0 bridgehead atoms. The molecule has 1 fully saturated rings. The van der Waals surface area contributed by atoms with Crippen molar-refractivity contribution in [2.24, 2.45) is 0 Å². The smallest absolute Gasteiger partial charge is 0.105 e. The molecule has 1 aliphatic heterocycles. The predicted octanol–water partition coefficient (Wildman–Crippen LogP) is 2.70. The van der Waals surface area contributed by atoms with E-state index in [1.165, 1.54) is 18.5 Å². The number of nitrogens with zero attached hydrogens (tertiary/aromatic N) is 2. The van der Waals surface area contributed by atoms with Gasteiger partial charge in [0.15, 0.2) is 0 Å². The maximum Gasteiger partial charge on any atom is 0.105 e. The van der Waals surface area contributed by atoms with Crippen LogP contribution in [0.15, 0.2) is 35.3 Å². The van der Waals surface area contributed by atoms with E-state index >= 15 is 0 Å². The number of hydrogen-bond donors (Lipinski definition) is 1. The van der Waals surface area contributed by atoms with Gasteiger partial charge in [0.05, 0.1) is 18.3 Å². The molecule has 2 unspecified atom stereocenters. The fraction of sp³-hybridized carbons (Fsp3) is 0.500. The molecule has 0 spiro atoms. The van der Waals surface area contributed by atoms with Gasteiger partial charge in [0.1, 0.15) is 5.76 Å². The van der Waals surface area contributed by atoms with Crippen molar-refractivity contribution in [1.82, 2.24) is 14.9 Å². The van der Waals surface area contributed by atoms with Gasteiger partial charge in [0.2, 0.25) is 0 Å². The molecular formula is C14H19N3O. The molecule has 0 aliphatic carbocycles. The van der Waals surface area contributed by atoms with Crippen molar-refractivity contribution in [2.75, 3.05) is 6.54 Å². The monoisotopic (exact) mass is 245 g/mol. The fourth-order valence-corrected chi connectivity index (χ4v) is 2.71. The summed E-state index contributed by atoms with van der Waals surface area (Å²) in [5.74, 6) is 1.03. The van der Waals surface area contributed by atoms with Crippen LogP contribution in [0, 0.1) is 0 Å². The maximum absolute atomic E-state index is 5.42. The molecule has 18 heavy (non-hydrogen) atoms. The Balaban J connectivity index is 1.77. The quantitative estimate of drug-likeness (QED) is 0.900. The summed E-state index contributed by atoms with van der Waals surface area (Å²) in [6.07, 6.45) is 9.02. The first-order chi connectivity index (χ1) is 8.84. The molecule has 1 aliphatic rings. The first-order valence-electron chi connectivity index (χ1n) is 6.62. The normalized spacial score (nSPS) is 21.3. The van der Waals surface area contributed by atoms with Crippen LogP contribution in [0.3, 0.4) is 0 Å². The Morgan fingerprint density at radius 2 is 2.56 bits per heavy atom. The maximum atomic E-state index is 5.42. The molecule has 0 radical (unpaired) electrons. The molecule has 4 nitrogen and oxygen atoms in total. The van der Waals surface area contributed by atoms with Crippen LogP contribution in [0.1, 0.15) is 43.3 Å². The Labute approximate surface area is 107 Å². The lowest BCUT2D eigenvalue weighted by atomic mass is 10.1. The predicted molar refractivity (Wildman–Crippen MR) is 69.3 cm³/mol. The summed E-state index contributed by atoms with van der Waals surface area (Å²) >= 11 is 0. The number of hydrogen-bond acceptors (Lipinski definition) is 3. The number of furan rings is 1. The zero-order valence-electron chi connectivity index (χ0n) is 10.7. The van der Waals surface area contributed by atoms with Gasteiger partial charge >= 0.3 is 0 Å². The first kappa shape index (κ1) is 11.5. The molecule has 2 aromatic heterocycles. The van der Waals surface area contributed by atoms with E-state index in [9.17, 15) is 0 Å². The molecule has 0 saturated carbocycles. The van der Waals surface area contributed by atoms with Crippen molar-refractivity contribution in [3.05, 3.63) is 42.4 Å². The van der Waals surface area contributed by atoms with Gasteiger partial charge in [-0.3, -0.25) is 0 Å². The highest BCUT2D eigenvalue weighted by atomic mass is 16.3. The van der Waals surface area contributed by atoms with Gasteiger partial charge in [-0.25, -0.2) is 4.98 Å². The van der Waals surface area contributed by atoms with E-state index in [0.717, 1.165) is 18.7 Å². The molecule has 2 atom stereocenters. The second-order valence-corrected chi connectivity index (χ2v) is 5.01. The highest BCUT2D eigenvalue weighted by Gasteiger charge is 2.21. The van der Waals surface area contributed by atoms with Crippen LogP contribution in [0.2, 0.25) is 0 Å². The van der Waals surface area contributed by atoms with Gasteiger partial charge in [-0.2, -0.15) is 0 Å². The van der Waals surface area contributed by atoms with Crippen LogP contribution in [-0.4, -0.2) is 16.1 Å². The lowest BCUT2D eigenvalue weighted by molar-refractivity contribution is 0.431. The number of rotatable bonds is 4. The third-order valence-electron chi connectivity index (χ3n) is 3.66. The zero-order chi connectivity index (χ0) is 12.4. The van der Waals surface area contributed by atoms with Crippen molar-refractivity contribution < 1.29 is 4.42 Å². The van der Waals surface area contributed by atoms with Crippen molar-refractivity contribution >= 4 is 0 Å². The average Bonchev–Trinajstić information content (AvgIpc) is 3.11. The van der Waals surface area contributed by atoms with Gasteiger partial charge < -0.3 is 14.3 Å². The van der Waals surface area contributed by atoms with Crippen LogP contribution in [-0.2, 0) is 6.42 Å².